The van der Waals surface area contributed by atoms with Gasteiger partial charge in [0, 0.05) is 37.1 Å². The monoisotopic (exact) mass is 443 g/mol. The van der Waals surface area contributed by atoms with E-state index in [2.05, 4.69) is 10.6 Å². The van der Waals surface area contributed by atoms with Gasteiger partial charge in [0.1, 0.15) is 17.7 Å². The average molecular weight is 443 g/mol. The van der Waals surface area contributed by atoms with Crippen molar-refractivity contribution in [1.29, 1.82) is 0 Å². The third-order valence-electron chi connectivity index (χ3n) is 5.85. The second-order valence-electron chi connectivity index (χ2n) is 8.27. The molecule has 0 spiro atoms. The molecule has 1 aromatic rings. The molecule has 2 aliphatic heterocycles. The van der Waals surface area contributed by atoms with Crippen molar-refractivity contribution >= 4 is 23.6 Å². The van der Waals surface area contributed by atoms with Gasteiger partial charge >= 0.3 is 6.09 Å². The number of hydrogen-bond acceptors (Lipinski definition) is 5. The maximum atomic E-state index is 14.6. The van der Waals surface area contributed by atoms with Crippen molar-refractivity contribution in [1.82, 2.24) is 10.6 Å². The van der Waals surface area contributed by atoms with E-state index < -0.39 is 47.5 Å². The van der Waals surface area contributed by atoms with Gasteiger partial charge in [-0.2, -0.15) is 0 Å². The predicted molar refractivity (Wildman–Crippen MR) is 99.6 cm³/mol. The number of alkyl halides is 2. The molecule has 1 saturated carbocycles. The van der Waals surface area contributed by atoms with Gasteiger partial charge in [0.05, 0.1) is 19.0 Å². The van der Waals surface area contributed by atoms with Crippen molar-refractivity contribution in [2.45, 2.75) is 43.6 Å². The molecule has 168 valence electrons. The molecule has 1 unspecified atom stereocenters. The number of nitrogens with zero attached hydrogens (tertiary/aromatic N) is 1. The Labute approximate surface area is 175 Å². The second kappa shape index (κ2) is 8.01. The molecule has 3 aliphatic rings. The van der Waals surface area contributed by atoms with E-state index >= 15 is 0 Å². The van der Waals surface area contributed by atoms with Crippen LogP contribution in [0.3, 0.4) is 0 Å². The summed E-state index contributed by atoms with van der Waals surface area (Å²) in [5.74, 6) is -6.96. The van der Waals surface area contributed by atoms with Crippen LogP contribution in [0.15, 0.2) is 12.1 Å². The van der Waals surface area contributed by atoms with Crippen molar-refractivity contribution < 1.29 is 36.7 Å². The first kappa shape index (κ1) is 21.4. The van der Waals surface area contributed by atoms with E-state index in [9.17, 15) is 31.9 Å². The van der Waals surface area contributed by atoms with Crippen LogP contribution in [0.25, 0.3) is 0 Å². The molecule has 4 rings (SSSR count). The molecule has 2 saturated heterocycles. The first-order valence-corrected chi connectivity index (χ1v) is 10.0. The highest BCUT2D eigenvalue weighted by Gasteiger charge is 2.45. The molecule has 2 heterocycles. The summed E-state index contributed by atoms with van der Waals surface area (Å²) >= 11 is 0. The van der Waals surface area contributed by atoms with Crippen LogP contribution in [-0.4, -0.2) is 49.6 Å². The number of ether oxygens (including phenoxy) is 1. The Hall–Kier alpha value is -2.85. The molecule has 0 radical (unpaired) electrons. The van der Waals surface area contributed by atoms with Crippen LogP contribution in [-0.2, 0) is 14.3 Å². The Morgan fingerprint density at radius 1 is 1.19 bits per heavy atom. The Kier molecular flexibility index (Phi) is 5.52. The van der Waals surface area contributed by atoms with E-state index in [-0.39, 0.29) is 62.5 Å². The Morgan fingerprint density at radius 3 is 2.42 bits per heavy atom. The molecule has 2 N–H and O–H groups in total. The predicted octanol–water partition coefficient (Wildman–Crippen LogP) is 2.45. The Bertz CT molecular complexity index is 889. The summed E-state index contributed by atoms with van der Waals surface area (Å²) in [7, 11) is 0. The maximum Gasteiger partial charge on any atom is 0.407 e. The molecule has 31 heavy (non-hydrogen) atoms. The summed E-state index contributed by atoms with van der Waals surface area (Å²) in [6, 6.07) is 2.21. The Morgan fingerprint density at radius 2 is 1.84 bits per heavy atom. The van der Waals surface area contributed by atoms with Crippen LogP contribution >= 0.6 is 0 Å². The average Bonchev–Trinajstić information content (AvgIpc) is 2.61. The van der Waals surface area contributed by atoms with Gasteiger partial charge in [-0.25, -0.2) is 22.4 Å². The topological polar surface area (TPSA) is 87.7 Å². The van der Waals surface area contributed by atoms with Crippen LogP contribution in [0.4, 0.5) is 28.0 Å². The van der Waals surface area contributed by atoms with Gasteiger partial charge in [-0.3, -0.25) is 14.9 Å². The summed E-state index contributed by atoms with van der Waals surface area (Å²) in [6.07, 6.45) is -1.68. The standard InChI is InChI=1S/C20H21F4N3O4/c21-14-3-11(4-15(22)17(14)13-1-2-16(28)26-18(13)29)27-8-12(9-27)31-19(30)25-7-10-5-20(23,24)6-10/h3-4,10,12-13H,1-2,5-9H2,(H,25,30)(H,26,28,29). The van der Waals surface area contributed by atoms with E-state index in [0.29, 0.717) is 0 Å². The number of amides is 3. The summed E-state index contributed by atoms with van der Waals surface area (Å²) in [5.41, 5.74) is -0.133. The van der Waals surface area contributed by atoms with Crippen LogP contribution in [0.2, 0.25) is 0 Å². The highest BCUT2D eigenvalue weighted by Crippen LogP contribution is 2.41. The molecule has 1 atom stereocenters. The normalized spacial score (nSPS) is 23.6. The fraction of sp³-hybridized carbons (Fsp3) is 0.550. The lowest BCUT2D eigenvalue weighted by Gasteiger charge is -2.40. The lowest BCUT2D eigenvalue weighted by molar-refractivity contribution is -0.134. The number of halogens is 4. The van der Waals surface area contributed by atoms with Crippen molar-refractivity contribution in [3.63, 3.8) is 0 Å². The summed E-state index contributed by atoms with van der Waals surface area (Å²) < 4.78 is 59.9. The highest BCUT2D eigenvalue weighted by molar-refractivity contribution is 6.01. The zero-order valence-electron chi connectivity index (χ0n) is 16.4. The molecule has 7 nitrogen and oxygen atoms in total. The maximum absolute atomic E-state index is 14.6. The van der Waals surface area contributed by atoms with E-state index in [1.165, 1.54) is 0 Å². The van der Waals surface area contributed by atoms with Gasteiger partial charge in [0.15, 0.2) is 0 Å². The fourth-order valence-electron chi connectivity index (χ4n) is 4.13. The summed E-state index contributed by atoms with van der Waals surface area (Å²) in [4.78, 5) is 36.5. The van der Waals surface area contributed by atoms with E-state index in [4.69, 9.17) is 4.74 Å². The molecule has 11 heteroatoms. The first-order chi connectivity index (χ1) is 14.6. The lowest BCUT2D eigenvalue weighted by atomic mass is 9.81. The van der Waals surface area contributed by atoms with Gasteiger partial charge in [-0.15, -0.1) is 0 Å². The van der Waals surface area contributed by atoms with E-state index in [0.717, 1.165) is 12.1 Å². The molecule has 1 aromatic carbocycles. The van der Waals surface area contributed by atoms with Crippen molar-refractivity contribution in [2.75, 3.05) is 24.5 Å². The zero-order chi connectivity index (χ0) is 22.3. The van der Waals surface area contributed by atoms with Crippen LogP contribution < -0.4 is 15.5 Å². The highest BCUT2D eigenvalue weighted by atomic mass is 19.3. The minimum absolute atomic E-state index is 0.00736. The number of imide groups is 1. The number of carbonyl (C=O) groups excluding carboxylic acids is 3. The number of hydrogen-bond donors (Lipinski definition) is 2. The quantitative estimate of drug-likeness (QED) is 0.539. The summed E-state index contributed by atoms with van der Waals surface area (Å²) in [6.45, 7) is 0.542. The third kappa shape index (κ3) is 4.59. The molecule has 3 fully saturated rings. The van der Waals surface area contributed by atoms with Crippen LogP contribution in [0, 0.1) is 17.6 Å². The van der Waals surface area contributed by atoms with Crippen LogP contribution in [0.5, 0.6) is 0 Å². The van der Waals surface area contributed by atoms with E-state index in [1.807, 2.05) is 0 Å². The smallest absolute Gasteiger partial charge is 0.407 e. The number of rotatable bonds is 5. The van der Waals surface area contributed by atoms with Crippen LogP contribution in [0.1, 0.15) is 37.2 Å². The number of piperidine rings is 1. The van der Waals surface area contributed by atoms with Crippen molar-refractivity contribution in [2.24, 2.45) is 5.92 Å². The second-order valence-corrected chi connectivity index (χ2v) is 8.27. The number of nitrogens with one attached hydrogen (secondary N) is 2. The van der Waals surface area contributed by atoms with Gasteiger partial charge in [0.2, 0.25) is 17.7 Å². The summed E-state index contributed by atoms with van der Waals surface area (Å²) in [5, 5.41) is 4.53. The number of benzene rings is 1. The first-order valence-electron chi connectivity index (χ1n) is 10.0. The van der Waals surface area contributed by atoms with Gasteiger partial charge in [-0.1, -0.05) is 0 Å². The van der Waals surface area contributed by atoms with Crippen molar-refractivity contribution in [3.8, 4) is 0 Å². The SMILES string of the molecule is O=C1CCC(c2c(F)cc(N3CC(OC(=O)NCC4CC(F)(F)C4)C3)cc2F)C(=O)N1. The Balaban J connectivity index is 1.28. The van der Waals surface area contributed by atoms with Gasteiger partial charge in [-0.05, 0) is 24.5 Å². The molecule has 0 bridgehead atoms. The van der Waals surface area contributed by atoms with E-state index in [1.54, 1.807) is 4.90 Å². The third-order valence-corrected chi connectivity index (χ3v) is 5.85. The lowest BCUT2D eigenvalue weighted by Crippen LogP contribution is -2.54. The zero-order valence-corrected chi connectivity index (χ0v) is 16.4. The number of anilines is 1. The molecular formula is C20H21F4N3O4. The number of carbonyl (C=O) groups is 3. The van der Waals surface area contributed by atoms with Gasteiger partial charge in [0.25, 0.3) is 0 Å². The van der Waals surface area contributed by atoms with Crippen molar-refractivity contribution in [3.05, 3.63) is 29.3 Å². The largest absolute Gasteiger partial charge is 0.442 e. The van der Waals surface area contributed by atoms with Gasteiger partial charge < -0.3 is 15.0 Å². The minimum atomic E-state index is -2.65. The fourth-order valence-corrected chi connectivity index (χ4v) is 4.13. The minimum Gasteiger partial charge on any atom is -0.442 e. The molecule has 1 aliphatic carbocycles. The molecule has 3 amide bonds. The number of alkyl carbamates (subject to hydrolysis) is 1. The molecular weight excluding hydrogens is 422 g/mol. The molecule has 0 aromatic heterocycles.